The summed E-state index contributed by atoms with van der Waals surface area (Å²) in [7, 11) is 0. The Bertz CT molecular complexity index is 593. The summed E-state index contributed by atoms with van der Waals surface area (Å²) in [6, 6.07) is 6.46. The van der Waals surface area contributed by atoms with Crippen molar-refractivity contribution in [3.63, 3.8) is 0 Å². The first-order valence-electron chi connectivity index (χ1n) is 6.43. The van der Waals surface area contributed by atoms with Gasteiger partial charge in [0.1, 0.15) is 0 Å². The third kappa shape index (κ3) is 3.07. The van der Waals surface area contributed by atoms with E-state index in [1.165, 1.54) is 22.3 Å². The van der Waals surface area contributed by atoms with Gasteiger partial charge in [0.15, 0.2) is 0 Å². The molecule has 1 atom stereocenters. The quantitative estimate of drug-likeness (QED) is 0.867. The number of pyridine rings is 1. The Labute approximate surface area is 119 Å². The van der Waals surface area contributed by atoms with Gasteiger partial charge in [-0.15, -0.1) is 0 Å². The van der Waals surface area contributed by atoms with E-state index < -0.39 is 0 Å². The highest BCUT2D eigenvalue weighted by Gasteiger charge is 2.11. The van der Waals surface area contributed by atoms with Crippen molar-refractivity contribution in [2.75, 3.05) is 5.32 Å². The number of halogens is 1. The van der Waals surface area contributed by atoms with E-state index in [0.717, 1.165) is 5.69 Å². The van der Waals surface area contributed by atoms with Crippen molar-refractivity contribution in [1.82, 2.24) is 4.98 Å². The molecule has 0 bridgehead atoms. The standard InChI is InChI=1S/C16H19ClN2/c1-10-7-12(3)14(8-11(10)2)13(4)19-16-9-18-6-5-15(16)17/h5-9,13,19H,1-4H3. The predicted octanol–water partition coefficient (Wildman–Crippen LogP) is 4.83. The fraction of sp³-hybridized carbons (Fsp3) is 0.312. The summed E-state index contributed by atoms with van der Waals surface area (Å²) in [6.07, 6.45) is 3.45. The van der Waals surface area contributed by atoms with Gasteiger partial charge in [0, 0.05) is 12.2 Å². The Morgan fingerprint density at radius 2 is 1.79 bits per heavy atom. The molecule has 0 aliphatic rings. The summed E-state index contributed by atoms with van der Waals surface area (Å²) >= 11 is 6.15. The Hall–Kier alpha value is -1.54. The van der Waals surface area contributed by atoms with Crippen LogP contribution in [0.3, 0.4) is 0 Å². The lowest BCUT2D eigenvalue weighted by atomic mass is 9.96. The van der Waals surface area contributed by atoms with E-state index >= 15 is 0 Å². The van der Waals surface area contributed by atoms with Gasteiger partial charge in [-0.2, -0.15) is 0 Å². The number of hydrogen-bond donors (Lipinski definition) is 1. The normalized spacial score (nSPS) is 12.3. The highest BCUT2D eigenvalue weighted by molar-refractivity contribution is 6.33. The number of nitrogens with one attached hydrogen (secondary N) is 1. The van der Waals surface area contributed by atoms with Gasteiger partial charge in [-0.1, -0.05) is 23.7 Å². The SMILES string of the molecule is Cc1cc(C)c(C(C)Nc2cnccc2Cl)cc1C. The molecule has 0 saturated carbocycles. The monoisotopic (exact) mass is 274 g/mol. The van der Waals surface area contributed by atoms with Crippen molar-refractivity contribution in [2.45, 2.75) is 33.7 Å². The number of aryl methyl sites for hydroxylation is 3. The molecule has 0 aliphatic carbocycles. The van der Waals surface area contributed by atoms with E-state index in [1.54, 1.807) is 18.5 Å². The first-order chi connectivity index (χ1) is 8.99. The summed E-state index contributed by atoms with van der Waals surface area (Å²) in [4.78, 5) is 4.10. The maximum Gasteiger partial charge on any atom is 0.0720 e. The van der Waals surface area contributed by atoms with E-state index in [4.69, 9.17) is 11.6 Å². The van der Waals surface area contributed by atoms with Gasteiger partial charge >= 0.3 is 0 Å². The molecule has 1 N–H and O–H groups in total. The fourth-order valence-corrected chi connectivity index (χ4v) is 2.40. The maximum atomic E-state index is 6.15. The number of aromatic nitrogens is 1. The highest BCUT2D eigenvalue weighted by Crippen LogP contribution is 2.27. The molecule has 1 unspecified atom stereocenters. The molecular weight excluding hydrogens is 256 g/mol. The lowest BCUT2D eigenvalue weighted by Crippen LogP contribution is -2.09. The van der Waals surface area contributed by atoms with Crippen molar-refractivity contribution in [2.24, 2.45) is 0 Å². The molecule has 2 rings (SSSR count). The summed E-state index contributed by atoms with van der Waals surface area (Å²) in [5, 5.41) is 4.12. The fourth-order valence-electron chi connectivity index (χ4n) is 2.24. The van der Waals surface area contributed by atoms with E-state index in [2.05, 4.69) is 50.1 Å². The summed E-state index contributed by atoms with van der Waals surface area (Å²) < 4.78 is 0. The largest absolute Gasteiger partial charge is 0.376 e. The molecular formula is C16H19ClN2. The molecule has 0 aliphatic heterocycles. The van der Waals surface area contributed by atoms with Gasteiger partial charge in [0.05, 0.1) is 16.9 Å². The molecule has 2 aromatic rings. The minimum absolute atomic E-state index is 0.195. The van der Waals surface area contributed by atoms with Crippen molar-refractivity contribution < 1.29 is 0 Å². The van der Waals surface area contributed by atoms with Crippen LogP contribution in [0.25, 0.3) is 0 Å². The van der Waals surface area contributed by atoms with Crippen molar-refractivity contribution in [1.29, 1.82) is 0 Å². The second kappa shape index (κ2) is 5.62. The lowest BCUT2D eigenvalue weighted by Gasteiger charge is -2.20. The minimum Gasteiger partial charge on any atom is -0.376 e. The average molecular weight is 275 g/mol. The van der Waals surface area contributed by atoms with Crippen LogP contribution in [0.1, 0.15) is 35.2 Å². The molecule has 19 heavy (non-hydrogen) atoms. The van der Waals surface area contributed by atoms with Gasteiger partial charge in [-0.3, -0.25) is 4.98 Å². The third-order valence-electron chi connectivity index (χ3n) is 3.49. The lowest BCUT2D eigenvalue weighted by molar-refractivity contribution is 0.869. The van der Waals surface area contributed by atoms with Crippen LogP contribution in [0.15, 0.2) is 30.6 Å². The van der Waals surface area contributed by atoms with Crippen LogP contribution in [0, 0.1) is 20.8 Å². The molecule has 1 aromatic carbocycles. The van der Waals surface area contributed by atoms with Crippen LogP contribution in [0.2, 0.25) is 5.02 Å². The Morgan fingerprint density at radius 3 is 2.47 bits per heavy atom. The molecule has 2 nitrogen and oxygen atoms in total. The van der Waals surface area contributed by atoms with Crippen molar-refractivity contribution in [3.05, 3.63) is 57.9 Å². The van der Waals surface area contributed by atoms with Crippen LogP contribution in [0.5, 0.6) is 0 Å². The number of nitrogens with zero attached hydrogens (tertiary/aromatic N) is 1. The summed E-state index contributed by atoms with van der Waals surface area (Å²) in [5.74, 6) is 0. The van der Waals surface area contributed by atoms with Crippen LogP contribution < -0.4 is 5.32 Å². The van der Waals surface area contributed by atoms with Crippen molar-refractivity contribution in [3.8, 4) is 0 Å². The minimum atomic E-state index is 0.195. The van der Waals surface area contributed by atoms with E-state index in [1.807, 2.05) is 0 Å². The first-order valence-corrected chi connectivity index (χ1v) is 6.80. The van der Waals surface area contributed by atoms with E-state index in [0.29, 0.717) is 5.02 Å². The molecule has 0 amide bonds. The smallest absolute Gasteiger partial charge is 0.0720 e. The molecule has 0 saturated heterocycles. The number of rotatable bonds is 3. The van der Waals surface area contributed by atoms with Gasteiger partial charge in [-0.25, -0.2) is 0 Å². The van der Waals surface area contributed by atoms with Crippen molar-refractivity contribution >= 4 is 17.3 Å². The summed E-state index contributed by atoms with van der Waals surface area (Å²) in [5.41, 5.74) is 6.10. The van der Waals surface area contributed by atoms with Gasteiger partial charge in [0.25, 0.3) is 0 Å². The van der Waals surface area contributed by atoms with Gasteiger partial charge in [-0.05, 0) is 56.0 Å². The molecule has 100 valence electrons. The second-order valence-electron chi connectivity index (χ2n) is 5.01. The molecule has 1 aromatic heterocycles. The third-order valence-corrected chi connectivity index (χ3v) is 3.82. The van der Waals surface area contributed by atoms with Crippen LogP contribution in [0.4, 0.5) is 5.69 Å². The van der Waals surface area contributed by atoms with Crippen LogP contribution in [-0.2, 0) is 0 Å². The van der Waals surface area contributed by atoms with E-state index in [9.17, 15) is 0 Å². The number of hydrogen-bond acceptors (Lipinski definition) is 2. The second-order valence-corrected chi connectivity index (χ2v) is 5.42. The number of benzene rings is 1. The topological polar surface area (TPSA) is 24.9 Å². The van der Waals surface area contributed by atoms with Crippen LogP contribution in [-0.4, -0.2) is 4.98 Å². The zero-order chi connectivity index (χ0) is 14.0. The Morgan fingerprint density at radius 1 is 1.11 bits per heavy atom. The highest BCUT2D eigenvalue weighted by atomic mass is 35.5. The Kier molecular flexibility index (Phi) is 4.11. The Balaban J connectivity index is 2.28. The van der Waals surface area contributed by atoms with Gasteiger partial charge in [0.2, 0.25) is 0 Å². The molecule has 3 heteroatoms. The van der Waals surface area contributed by atoms with Crippen LogP contribution >= 0.6 is 11.6 Å². The zero-order valence-electron chi connectivity index (χ0n) is 11.8. The van der Waals surface area contributed by atoms with E-state index in [-0.39, 0.29) is 6.04 Å². The number of anilines is 1. The van der Waals surface area contributed by atoms with Gasteiger partial charge < -0.3 is 5.32 Å². The molecule has 0 fully saturated rings. The molecule has 0 radical (unpaired) electrons. The summed E-state index contributed by atoms with van der Waals surface area (Å²) in [6.45, 7) is 8.56. The first kappa shape index (κ1) is 13.9. The predicted molar refractivity (Wildman–Crippen MR) is 81.9 cm³/mol. The maximum absolute atomic E-state index is 6.15. The average Bonchev–Trinajstić information content (AvgIpc) is 2.36. The molecule has 0 spiro atoms. The molecule has 1 heterocycles. The zero-order valence-corrected chi connectivity index (χ0v) is 12.5.